The third-order valence-electron chi connectivity index (χ3n) is 4.23. The van der Waals surface area contributed by atoms with E-state index in [0.717, 1.165) is 24.8 Å². The molecule has 4 heteroatoms. The molecule has 0 spiro atoms. The molecule has 0 fully saturated rings. The number of nitrogens with zero attached hydrogens (tertiary/aromatic N) is 1. The highest BCUT2D eigenvalue weighted by molar-refractivity contribution is 5.75. The van der Waals surface area contributed by atoms with Gasteiger partial charge in [0.25, 0.3) is 0 Å². The van der Waals surface area contributed by atoms with Crippen molar-refractivity contribution in [2.75, 3.05) is 0 Å². The van der Waals surface area contributed by atoms with Gasteiger partial charge in [0, 0.05) is 12.4 Å². The number of hydrogen-bond donors (Lipinski definition) is 2. The molecule has 1 aromatic carbocycles. The summed E-state index contributed by atoms with van der Waals surface area (Å²) in [7, 11) is 0. The lowest BCUT2D eigenvalue weighted by atomic mass is 9.88. The van der Waals surface area contributed by atoms with Crippen LogP contribution in [0.3, 0.4) is 0 Å². The van der Waals surface area contributed by atoms with Crippen molar-refractivity contribution in [3.63, 3.8) is 0 Å². The fourth-order valence-electron chi connectivity index (χ4n) is 3.04. The summed E-state index contributed by atoms with van der Waals surface area (Å²) in [6.07, 6.45) is 6.69. The molecule has 1 aromatic heterocycles. The SMILES string of the molecule is CC(NC(=O)NC1CCCc2ccccc21)c1ccncc1. The van der Waals surface area contributed by atoms with Crippen LogP contribution in [0, 0.1) is 0 Å². The minimum atomic E-state index is -0.119. The molecule has 114 valence electrons. The third-order valence-corrected chi connectivity index (χ3v) is 4.23. The smallest absolute Gasteiger partial charge is 0.315 e. The first kappa shape index (κ1) is 14.6. The highest BCUT2D eigenvalue weighted by atomic mass is 16.2. The van der Waals surface area contributed by atoms with Gasteiger partial charge in [-0.2, -0.15) is 0 Å². The van der Waals surface area contributed by atoms with Gasteiger partial charge in [0.05, 0.1) is 12.1 Å². The van der Waals surface area contributed by atoms with Gasteiger partial charge in [-0.25, -0.2) is 4.79 Å². The van der Waals surface area contributed by atoms with Gasteiger partial charge in [-0.1, -0.05) is 24.3 Å². The molecule has 4 nitrogen and oxygen atoms in total. The molecule has 2 N–H and O–H groups in total. The van der Waals surface area contributed by atoms with E-state index >= 15 is 0 Å². The number of aryl methyl sites for hydroxylation is 1. The summed E-state index contributed by atoms with van der Waals surface area (Å²) in [6, 6.07) is 12.2. The van der Waals surface area contributed by atoms with Gasteiger partial charge in [-0.15, -0.1) is 0 Å². The summed E-state index contributed by atoms with van der Waals surface area (Å²) >= 11 is 0. The fraction of sp³-hybridized carbons (Fsp3) is 0.333. The summed E-state index contributed by atoms with van der Waals surface area (Å²) in [5.41, 5.74) is 3.65. The third kappa shape index (κ3) is 3.27. The van der Waals surface area contributed by atoms with Crippen LogP contribution in [0.2, 0.25) is 0 Å². The molecular formula is C18H21N3O. The van der Waals surface area contributed by atoms with Crippen LogP contribution in [0.15, 0.2) is 48.8 Å². The predicted molar refractivity (Wildman–Crippen MR) is 86.4 cm³/mol. The Balaban J connectivity index is 1.63. The molecule has 1 aliphatic rings. The van der Waals surface area contributed by atoms with Crippen LogP contribution in [-0.4, -0.2) is 11.0 Å². The zero-order valence-corrected chi connectivity index (χ0v) is 12.8. The summed E-state index contributed by atoms with van der Waals surface area (Å²) in [5.74, 6) is 0. The highest BCUT2D eigenvalue weighted by Gasteiger charge is 2.21. The van der Waals surface area contributed by atoms with E-state index in [1.54, 1.807) is 12.4 Å². The Kier molecular flexibility index (Phi) is 4.37. The second-order valence-corrected chi connectivity index (χ2v) is 5.76. The van der Waals surface area contributed by atoms with Crippen molar-refractivity contribution in [1.29, 1.82) is 0 Å². The molecule has 1 aliphatic carbocycles. The Bertz CT molecular complexity index is 642. The number of hydrogen-bond acceptors (Lipinski definition) is 2. The number of benzene rings is 1. The number of aromatic nitrogens is 1. The van der Waals surface area contributed by atoms with Crippen molar-refractivity contribution >= 4 is 6.03 Å². The number of rotatable bonds is 3. The molecule has 22 heavy (non-hydrogen) atoms. The Morgan fingerprint density at radius 2 is 2.00 bits per heavy atom. The number of pyridine rings is 1. The van der Waals surface area contributed by atoms with E-state index in [0.29, 0.717) is 0 Å². The maximum Gasteiger partial charge on any atom is 0.315 e. The quantitative estimate of drug-likeness (QED) is 0.910. The zero-order valence-electron chi connectivity index (χ0n) is 12.8. The second-order valence-electron chi connectivity index (χ2n) is 5.76. The van der Waals surface area contributed by atoms with Gasteiger partial charge in [0.15, 0.2) is 0 Å². The normalized spacial score (nSPS) is 18.1. The van der Waals surface area contributed by atoms with Crippen LogP contribution in [0.4, 0.5) is 4.79 Å². The lowest BCUT2D eigenvalue weighted by molar-refractivity contribution is 0.232. The van der Waals surface area contributed by atoms with Crippen LogP contribution in [0.1, 0.15) is 48.5 Å². The minimum absolute atomic E-state index is 0.0400. The van der Waals surface area contributed by atoms with E-state index in [1.165, 1.54) is 11.1 Å². The average Bonchev–Trinajstić information content (AvgIpc) is 2.56. The number of carbonyl (C=O) groups is 1. The Morgan fingerprint density at radius 1 is 1.23 bits per heavy atom. The molecule has 0 aliphatic heterocycles. The number of carbonyl (C=O) groups excluding carboxylic acids is 1. The summed E-state index contributed by atoms with van der Waals surface area (Å²) in [5, 5.41) is 6.11. The number of fused-ring (bicyclic) bond motifs is 1. The molecule has 1 heterocycles. The number of urea groups is 1. The molecule has 2 amide bonds. The van der Waals surface area contributed by atoms with Crippen LogP contribution >= 0.6 is 0 Å². The Morgan fingerprint density at radius 3 is 2.82 bits per heavy atom. The molecule has 0 bridgehead atoms. The number of nitrogens with one attached hydrogen (secondary N) is 2. The molecule has 3 rings (SSSR count). The average molecular weight is 295 g/mol. The monoisotopic (exact) mass is 295 g/mol. The van der Waals surface area contributed by atoms with Crippen LogP contribution < -0.4 is 10.6 Å². The lowest BCUT2D eigenvalue weighted by Crippen LogP contribution is -2.40. The summed E-state index contributed by atoms with van der Waals surface area (Å²) < 4.78 is 0. The van der Waals surface area contributed by atoms with E-state index in [2.05, 4.69) is 33.8 Å². The number of amides is 2. The van der Waals surface area contributed by atoms with E-state index in [9.17, 15) is 4.79 Å². The van der Waals surface area contributed by atoms with E-state index in [1.807, 2.05) is 25.1 Å². The second kappa shape index (κ2) is 6.60. The maximum absolute atomic E-state index is 12.3. The maximum atomic E-state index is 12.3. The molecule has 2 unspecified atom stereocenters. The topological polar surface area (TPSA) is 54.0 Å². The van der Waals surface area contributed by atoms with E-state index in [4.69, 9.17) is 0 Å². The first-order valence-corrected chi connectivity index (χ1v) is 7.79. The van der Waals surface area contributed by atoms with Crippen LogP contribution in [0.25, 0.3) is 0 Å². The summed E-state index contributed by atoms with van der Waals surface area (Å²) in [6.45, 7) is 1.98. The van der Waals surface area contributed by atoms with Crippen molar-refractivity contribution in [2.24, 2.45) is 0 Å². The first-order chi connectivity index (χ1) is 10.7. The largest absolute Gasteiger partial charge is 0.332 e. The van der Waals surface area contributed by atoms with Crippen molar-refractivity contribution in [3.05, 3.63) is 65.5 Å². The lowest BCUT2D eigenvalue weighted by Gasteiger charge is -2.27. The molecule has 0 radical (unpaired) electrons. The van der Waals surface area contributed by atoms with E-state index in [-0.39, 0.29) is 18.1 Å². The van der Waals surface area contributed by atoms with Gasteiger partial charge >= 0.3 is 6.03 Å². The Labute approximate surface area is 131 Å². The molecule has 2 atom stereocenters. The molecule has 0 saturated heterocycles. The molecule has 2 aromatic rings. The van der Waals surface area contributed by atoms with Gasteiger partial charge in [0.1, 0.15) is 0 Å². The Hall–Kier alpha value is -2.36. The van der Waals surface area contributed by atoms with Crippen molar-refractivity contribution in [3.8, 4) is 0 Å². The highest BCUT2D eigenvalue weighted by Crippen LogP contribution is 2.29. The first-order valence-electron chi connectivity index (χ1n) is 7.79. The fourth-order valence-corrected chi connectivity index (χ4v) is 3.04. The van der Waals surface area contributed by atoms with Crippen LogP contribution in [-0.2, 0) is 6.42 Å². The predicted octanol–water partition coefficient (Wildman–Crippen LogP) is 3.52. The molecule has 0 saturated carbocycles. The van der Waals surface area contributed by atoms with Gasteiger partial charge in [0.2, 0.25) is 0 Å². The van der Waals surface area contributed by atoms with Crippen molar-refractivity contribution in [1.82, 2.24) is 15.6 Å². The zero-order chi connectivity index (χ0) is 15.4. The minimum Gasteiger partial charge on any atom is -0.332 e. The molecular weight excluding hydrogens is 274 g/mol. The van der Waals surface area contributed by atoms with Gasteiger partial charge < -0.3 is 10.6 Å². The van der Waals surface area contributed by atoms with E-state index < -0.39 is 0 Å². The standard InChI is InChI=1S/C18H21N3O/c1-13(14-9-11-19-12-10-14)20-18(22)21-17-8-4-6-15-5-2-3-7-16(15)17/h2-3,5,7,9-13,17H,4,6,8H2,1H3,(H2,20,21,22). The van der Waals surface area contributed by atoms with Crippen LogP contribution in [0.5, 0.6) is 0 Å². The van der Waals surface area contributed by atoms with Crippen molar-refractivity contribution < 1.29 is 4.79 Å². The summed E-state index contributed by atoms with van der Waals surface area (Å²) in [4.78, 5) is 16.3. The van der Waals surface area contributed by atoms with Gasteiger partial charge in [-0.05, 0) is 55.0 Å². The van der Waals surface area contributed by atoms with Crippen molar-refractivity contribution in [2.45, 2.75) is 38.3 Å². The van der Waals surface area contributed by atoms with Gasteiger partial charge in [-0.3, -0.25) is 4.98 Å².